The standard InChI is InChI=1S/C11H19N3O2S/c1-7-4-9(5-8(2)16-7)15-6-10-11(12-3)17-14-13-10/h7-9,12H,4-6H2,1-3H3. The van der Waals surface area contributed by atoms with E-state index in [2.05, 4.69) is 28.8 Å². The summed E-state index contributed by atoms with van der Waals surface area (Å²) in [5.41, 5.74) is 0.893. The number of rotatable bonds is 4. The molecule has 96 valence electrons. The second-order valence-electron chi connectivity index (χ2n) is 4.46. The molecule has 1 saturated heterocycles. The predicted molar refractivity (Wildman–Crippen MR) is 67.3 cm³/mol. The van der Waals surface area contributed by atoms with E-state index in [0.29, 0.717) is 6.61 Å². The van der Waals surface area contributed by atoms with Gasteiger partial charge in [0.05, 0.1) is 24.9 Å². The Kier molecular flexibility index (Phi) is 4.31. The quantitative estimate of drug-likeness (QED) is 0.894. The summed E-state index contributed by atoms with van der Waals surface area (Å²) in [5, 5.41) is 8.11. The second-order valence-corrected chi connectivity index (χ2v) is 5.21. The fourth-order valence-corrected chi connectivity index (χ4v) is 2.69. The summed E-state index contributed by atoms with van der Waals surface area (Å²) in [4.78, 5) is 0. The normalized spacial score (nSPS) is 29.2. The third-order valence-corrected chi connectivity index (χ3v) is 3.68. The van der Waals surface area contributed by atoms with Crippen molar-refractivity contribution in [3.8, 4) is 0 Å². The van der Waals surface area contributed by atoms with E-state index >= 15 is 0 Å². The molecule has 0 bridgehead atoms. The van der Waals surface area contributed by atoms with E-state index in [9.17, 15) is 0 Å². The van der Waals surface area contributed by atoms with E-state index < -0.39 is 0 Å². The van der Waals surface area contributed by atoms with Crippen LogP contribution in [0.3, 0.4) is 0 Å². The van der Waals surface area contributed by atoms with Crippen LogP contribution in [-0.4, -0.2) is 34.9 Å². The molecule has 0 amide bonds. The Balaban J connectivity index is 1.85. The molecular weight excluding hydrogens is 238 g/mol. The van der Waals surface area contributed by atoms with Gasteiger partial charge >= 0.3 is 0 Å². The molecule has 1 aliphatic rings. The summed E-state index contributed by atoms with van der Waals surface area (Å²) in [5.74, 6) is 0. The van der Waals surface area contributed by atoms with Crippen molar-refractivity contribution in [2.75, 3.05) is 12.4 Å². The molecule has 17 heavy (non-hydrogen) atoms. The third-order valence-electron chi connectivity index (χ3n) is 2.89. The first-order valence-electron chi connectivity index (χ1n) is 5.95. The van der Waals surface area contributed by atoms with Crippen molar-refractivity contribution in [2.24, 2.45) is 0 Å². The maximum absolute atomic E-state index is 5.89. The molecule has 0 radical (unpaired) electrons. The van der Waals surface area contributed by atoms with Crippen LogP contribution in [0.1, 0.15) is 32.4 Å². The monoisotopic (exact) mass is 257 g/mol. The first-order valence-corrected chi connectivity index (χ1v) is 6.72. The Bertz CT molecular complexity index is 348. The molecule has 1 N–H and O–H groups in total. The van der Waals surface area contributed by atoms with Gasteiger partial charge < -0.3 is 14.8 Å². The lowest BCUT2D eigenvalue weighted by Gasteiger charge is -2.31. The lowest BCUT2D eigenvalue weighted by Crippen LogP contribution is -2.34. The minimum atomic E-state index is 0.264. The van der Waals surface area contributed by atoms with E-state index in [4.69, 9.17) is 9.47 Å². The minimum Gasteiger partial charge on any atom is -0.377 e. The van der Waals surface area contributed by atoms with Gasteiger partial charge in [0.15, 0.2) is 0 Å². The largest absolute Gasteiger partial charge is 0.377 e. The number of aromatic nitrogens is 2. The van der Waals surface area contributed by atoms with Crippen LogP contribution < -0.4 is 5.32 Å². The number of nitrogens with zero attached hydrogens (tertiary/aromatic N) is 2. The highest BCUT2D eigenvalue weighted by molar-refractivity contribution is 7.10. The van der Waals surface area contributed by atoms with Crippen LogP contribution in [0.4, 0.5) is 5.00 Å². The summed E-state index contributed by atoms with van der Waals surface area (Å²) >= 11 is 1.36. The SMILES string of the molecule is CNc1snnc1COC1CC(C)OC(C)C1. The van der Waals surface area contributed by atoms with Crippen molar-refractivity contribution >= 4 is 16.5 Å². The molecule has 1 aromatic heterocycles. The van der Waals surface area contributed by atoms with E-state index in [-0.39, 0.29) is 18.3 Å². The van der Waals surface area contributed by atoms with Gasteiger partial charge in [0, 0.05) is 18.6 Å². The van der Waals surface area contributed by atoms with Crippen LogP contribution in [0.25, 0.3) is 0 Å². The van der Waals surface area contributed by atoms with Crippen LogP contribution in [0.15, 0.2) is 0 Å². The van der Waals surface area contributed by atoms with E-state index in [0.717, 1.165) is 23.5 Å². The zero-order valence-corrected chi connectivity index (χ0v) is 11.3. The lowest BCUT2D eigenvalue weighted by molar-refractivity contribution is -0.106. The molecule has 0 spiro atoms. The number of hydrogen-bond donors (Lipinski definition) is 1. The molecule has 0 aliphatic carbocycles. The van der Waals surface area contributed by atoms with Crippen molar-refractivity contribution in [1.82, 2.24) is 9.59 Å². The topological polar surface area (TPSA) is 56.3 Å². The molecule has 2 unspecified atom stereocenters. The third kappa shape index (κ3) is 3.37. The van der Waals surface area contributed by atoms with Crippen molar-refractivity contribution in [1.29, 1.82) is 0 Å². The number of nitrogens with one attached hydrogen (secondary N) is 1. The zero-order chi connectivity index (χ0) is 12.3. The minimum absolute atomic E-state index is 0.264. The van der Waals surface area contributed by atoms with E-state index in [1.54, 1.807) is 0 Å². The molecule has 2 rings (SSSR count). The Morgan fingerprint density at radius 1 is 1.41 bits per heavy atom. The van der Waals surface area contributed by atoms with Gasteiger partial charge in [-0.3, -0.25) is 0 Å². The molecule has 2 heterocycles. The van der Waals surface area contributed by atoms with Crippen molar-refractivity contribution < 1.29 is 9.47 Å². The van der Waals surface area contributed by atoms with Gasteiger partial charge in [0.2, 0.25) is 0 Å². The molecule has 0 aromatic carbocycles. The molecule has 6 heteroatoms. The second kappa shape index (κ2) is 5.75. The molecular formula is C11H19N3O2S. The fraction of sp³-hybridized carbons (Fsp3) is 0.818. The van der Waals surface area contributed by atoms with Crippen molar-refractivity contribution in [3.05, 3.63) is 5.69 Å². The van der Waals surface area contributed by atoms with Crippen LogP contribution in [0, 0.1) is 0 Å². The summed E-state index contributed by atoms with van der Waals surface area (Å²) in [6, 6.07) is 0. The fourth-order valence-electron chi connectivity index (χ4n) is 2.17. The average molecular weight is 257 g/mol. The zero-order valence-electron chi connectivity index (χ0n) is 10.5. The maximum atomic E-state index is 5.89. The smallest absolute Gasteiger partial charge is 0.135 e. The summed E-state index contributed by atoms with van der Waals surface area (Å²) in [6.07, 6.45) is 2.73. The van der Waals surface area contributed by atoms with Crippen LogP contribution >= 0.6 is 11.5 Å². The Morgan fingerprint density at radius 3 is 2.76 bits per heavy atom. The van der Waals surface area contributed by atoms with E-state index in [1.807, 2.05) is 7.05 Å². The Labute approximate surface area is 106 Å². The van der Waals surface area contributed by atoms with Gasteiger partial charge in [-0.05, 0) is 26.7 Å². The predicted octanol–water partition coefficient (Wildman–Crippen LogP) is 2.05. The molecule has 1 aliphatic heterocycles. The summed E-state index contributed by atoms with van der Waals surface area (Å²) < 4.78 is 15.5. The van der Waals surface area contributed by atoms with Gasteiger partial charge in [-0.2, -0.15) is 0 Å². The molecule has 5 nitrogen and oxygen atoms in total. The highest BCUT2D eigenvalue weighted by atomic mass is 32.1. The van der Waals surface area contributed by atoms with Gasteiger partial charge in [0.1, 0.15) is 10.7 Å². The first kappa shape index (κ1) is 12.7. The molecule has 2 atom stereocenters. The maximum Gasteiger partial charge on any atom is 0.135 e. The molecule has 1 fully saturated rings. The molecule has 0 saturated carbocycles. The van der Waals surface area contributed by atoms with Crippen LogP contribution in [0.2, 0.25) is 0 Å². The Morgan fingerprint density at radius 2 is 2.12 bits per heavy atom. The van der Waals surface area contributed by atoms with Gasteiger partial charge in [-0.15, -0.1) is 5.10 Å². The highest BCUT2D eigenvalue weighted by Crippen LogP contribution is 2.24. The van der Waals surface area contributed by atoms with Crippen LogP contribution in [0.5, 0.6) is 0 Å². The van der Waals surface area contributed by atoms with Gasteiger partial charge in [0.25, 0.3) is 0 Å². The van der Waals surface area contributed by atoms with Gasteiger partial charge in [-0.25, -0.2) is 0 Å². The highest BCUT2D eigenvalue weighted by Gasteiger charge is 2.25. The van der Waals surface area contributed by atoms with E-state index in [1.165, 1.54) is 11.5 Å². The summed E-state index contributed by atoms with van der Waals surface area (Å²) in [7, 11) is 1.87. The van der Waals surface area contributed by atoms with Crippen LogP contribution in [-0.2, 0) is 16.1 Å². The average Bonchev–Trinajstić information content (AvgIpc) is 2.72. The first-order chi connectivity index (χ1) is 8.19. The number of ether oxygens (including phenoxy) is 2. The number of hydrogen-bond acceptors (Lipinski definition) is 6. The van der Waals surface area contributed by atoms with Crippen molar-refractivity contribution in [2.45, 2.75) is 51.6 Å². The van der Waals surface area contributed by atoms with Crippen molar-refractivity contribution in [3.63, 3.8) is 0 Å². The Hall–Kier alpha value is -0.720. The summed E-state index contributed by atoms with van der Waals surface area (Å²) in [6.45, 7) is 4.71. The molecule has 1 aromatic rings. The van der Waals surface area contributed by atoms with Gasteiger partial charge in [-0.1, -0.05) is 4.49 Å². The lowest BCUT2D eigenvalue weighted by atomic mass is 10.0. The number of anilines is 1.